The molecule has 0 saturated heterocycles. The highest BCUT2D eigenvalue weighted by atomic mass is 35.5. The molecule has 0 saturated carbocycles. The Morgan fingerprint density at radius 3 is 2.76 bits per heavy atom. The first-order valence-corrected chi connectivity index (χ1v) is 7.29. The molecular weight excluding hydrogens is 366 g/mol. The van der Waals surface area contributed by atoms with E-state index in [1.165, 1.54) is 13.1 Å². The number of nitrogens with one attached hydrogen (secondary N) is 2. The van der Waals surface area contributed by atoms with Gasteiger partial charge in [0.2, 0.25) is 5.91 Å². The number of anilines is 1. The van der Waals surface area contributed by atoms with Crippen LogP contribution in [-0.4, -0.2) is 39.6 Å². The minimum absolute atomic E-state index is 0. The maximum absolute atomic E-state index is 13.8. The Morgan fingerprint density at radius 2 is 2.12 bits per heavy atom. The molecule has 11 heteroatoms. The van der Waals surface area contributed by atoms with E-state index >= 15 is 0 Å². The largest absolute Gasteiger partial charge is 0.405 e. The van der Waals surface area contributed by atoms with Gasteiger partial charge in [0.25, 0.3) is 0 Å². The van der Waals surface area contributed by atoms with Gasteiger partial charge in [0.15, 0.2) is 17.5 Å². The molecule has 6 nitrogen and oxygen atoms in total. The summed E-state index contributed by atoms with van der Waals surface area (Å²) >= 11 is 5.92. The number of rotatable bonds is 5. The van der Waals surface area contributed by atoms with Crippen molar-refractivity contribution in [2.24, 2.45) is 0 Å². The van der Waals surface area contributed by atoms with E-state index in [4.69, 9.17) is 11.6 Å². The van der Waals surface area contributed by atoms with E-state index < -0.39 is 30.5 Å². The summed E-state index contributed by atoms with van der Waals surface area (Å²) < 4.78 is 50.2. The topological polar surface area (TPSA) is 79.8 Å². The molecule has 2 rings (SSSR count). The summed E-state index contributed by atoms with van der Waals surface area (Å²) in [7, 11) is 0. The molecule has 0 spiro atoms. The summed E-state index contributed by atoms with van der Waals surface area (Å²) in [4.78, 5) is 23.2. The van der Waals surface area contributed by atoms with Gasteiger partial charge in [-0.15, -0.1) is 0 Å². The van der Waals surface area contributed by atoms with Crippen LogP contribution in [0.3, 0.4) is 0 Å². The predicted octanol–water partition coefficient (Wildman–Crippen LogP) is 3.30. The summed E-state index contributed by atoms with van der Waals surface area (Å²) in [6.45, 7) is -0.218. The van der Waals surface area contributed by atoms with E-state index in [0.29, 0.717) is 5.56 Å². The number of hydrogen-bond donors (Lipinski definition) is 2. The number of carbonyl (C=O) groups excluding carboxylic acids is 1. The van der Waals surface area contributed by atoms with Gasteiger partial charge < -0.3 is 10.6 Å². The van der Waals surface area contributed by atoms with Crippen molar-refractivity contribution in [1.82, 2.24) is 20.3 Å². The summed E-state index contributed by atoms with van der Waals surface area (Å²) in [5.74, 6) is -2.14. The molecule has 0 bridgehead atoms. The minimum atomic E-state index is -4.54. The van der Waals surface area contributed by atoms with E-state index in [-0.39, 0.29) is 19.6 Å². The Kier molecular flexibility index (Phi) is 5.73. The Balaban J connectivity index is 0.00000338. The van der Waals surface area contributed by atoms with Gasteiger partial charge in [-0.2, -0.15) is 13.2 Å². The van der Waals surface area contributed by atoms with Gasteiger partial charge in [0.05, 0.1) is 11.8 Å². The standard InChI is InChI=1S/C14H12ClF4N5O.2H2/c1-7(13(25)22-6-14(17,18)19)23-12-9(16)5-21-11(24-12)8-3-2-4-20-10(8)15;;/h2-5,7H,6H2,1H3,(H,22,25)(H,21,23,24);2*1H/t7-;;/m0../s1. The molecule has 0 aromatic carbocycles. The third-order valence-electron chi connectivity index (χ3n) is 2.95. The van der Waals surface area contributed by atoms with E-state index in [1.807, 2.05) is 0 Å². The second-order valence-corrected chi connectivity index (χ2v) is 5.29. The molecule has 25 heavy (non-hydrogen) atoms. The van der Waals surface area contributed by atoms with Gasteiger partial charge in [-0.3, -0.25) is 4.79 Å². The molecule has 0 aliphatic rings. The fourth-order valence-corrected chi connectivity index (χ4v) is 1.97. The maximum atomic E-state index is 13.8. The molecule has 1 amide bonds. The second kappa shape index (κ2) is 7.60. The first-order valence-electron chi connectivity index (χ1n) is 6.92. The van der Waals surface area contributed by atoms with Crippen LogP contribution in [0.2, 0.25) is 5.15 Å². The monoisotopic (exact) mass is 381 g/mol. The normalized spacial score (nSPS) is 12.6. The molecule has 0 fully saturated rings. The Hall–Kier alpha value is -2.49. The lowest BCUT2D eigenvalue weighted by molar-refractivity contribution is -0.138. The summed E-state index contributed by atoms with van der Waals surface area (Å²) in [6.07, 6.45) is -2.24. The molecule has 1 atom stereocenters. The lowest BCUT2D eigenvalue weighted by Gasteiger charge is -2.16. The van der Waals surface area contributed by atoms with Crippen LogP contribution in [0.15, 0.2) is 24.5 Å². The van der Waals surface area contributed by atoms with Gasteiger partial charge in [-0.25, -0.2) is 19.3 Å². The molecule has 138 valence electrons. The Labute approximate surface area is 147 Å². The molecule has 0 radical (unpaired) electrons. The molecule has 2 aromatic rings. The van der Waals surface area contributed by atoms with Crippen LogP contribution in [0, 0.1) is 5.82 Å². The number of carbonyl (C=O) groups is 1. The number of alkyl halides is 3. The van der Waals surface area contributed by atoms with Crippen LogP contribution in [0.5, 0.6) is 0 Å². The third-order valence-corrected chi connectivity index (χ3v) is 3.25. The molecule has 0 unspecified atom stereocenters. The van der Waals surface area contributed by atoms with Crippen molar-refractivity contribution in [3.63, 3.8) is 0 Å². The van der Waals surface area contributed by atoms with Gasteiger partial charge in [-0.05, 0) is 19.1 Å². The zero-order valence-electron chi connectivity index (χ0n) is 12.7. The number of halogens is 5. The average molecular weight is 382 g/mol. The summed E-state index contributed by atoms with van der Waals surface area (Å²) in [5.41, 5.74) is 0.335. The fourth-order valence-electron chi connectivity index (χ4n) is 1.76. The molecule has 2 N–H and O–H groups in total. The van der Waals surface area contributed by atoms with Crippen LogP contribution in [0.1, 0.15) is 9.78 Å². The van der Waals surface area contributed by atoms with Crippen LogP contribution < -0.4 is 10.6 Å². The van der Waals surface area contributed by atoms with E-state index in [1.54, 1.807) is 17.4 Å². The quantitative estimate of drug-likeness (QED) is 0.613. The first-order chi connectivity index (χ1) is 11.7. The smallest absolute Gasteiger partial charge is 0.356 e. The van der Waals surface area contributed by atoms with Crippen molar-refractivity contribution in [2.75, 3.05) is 11.9 Å². The number of nitrogens with zero attached hydrogens (tertiary/aromatic N) is 3. The fraction of sp³-hybridized carbons (Fsp3) is 0.286. The number of amides is 1. The second-order valence-electron chi connectivity index (χ2n) is 4.93. The molecular formula is C14H16ClF4N5O. The zero-order valence-corrected chi connectivity index (χ0v) is 13.5. The summed E-state index contributed by atoms with van der Waals surface area (Å²) in [6, 6.07) is 1.98. The van der Waals surface area contributed by atoms with Crippen LogP contribution in [0.25, 0.3) is 11.4 Å². The summed E-state index contributed by atoms with van der Waals surface area (Å²) in [5, 5.41) is 4.19. The number of pyridine rings is 1. The highest BCUT2D eigenvalue weighted by molar-refractivity contribution is 6.31. The van der Waals surface area contributed by atoms with Crippen molar-refractivity contribution in [2.45, 2.75) is 19.1 Å². The van der Waals surface area contributed by atoms with Crippen LogP contribution in [0.4, 0.5) is 23.4 Å². The lowest BCUT2D eigenvalue weighted by Crippen LogP contribution is -2.42. The molecule has 2 aromatic heterocycles. The molecule has 2 heterocycles. The SMILES string of the molecule is C[C@H](Nc1nc(-c2cccnc2Cl)ncc1F)C(=O)NCC(F)(F)F.[HH].[HH]. The van der Waals surface area contributed by atoms with Crippen molar-refractivity contribution in [1.29, 1.82) is 0 Å². The van der Waals surface area contributed by atoms with E-state index in [9.17, 15) is 22.4 Å². The first kappa shape index (κ1) is 18.8. The van der Waals surface area contributed by atoms with Gasteiger partial charge in [-0.1, -0.05) is 11.6 Å². The van der Waals surface area contributed by atoms with Crippen molar-refractivity contribution in [3.05, 3.63) is 35.5 Å². The predicted molar refractivity (Wildman–Crippen MR) is 86.6 cm³/mol. The van der Waals surface area contributed by atoms with Gasteiger partial charge in [0.1, 0.15) is 17.7 Å². The molecule has 0 aliphatic carbocycles. The van der Waals surface area contributed by atoms with Crippen LogP contribution in [-0.2, 0) is 4.79 Å². The Morgan fingerprint density at radius 1 is 1.40 bits per heavy atom. The highest BCUT2D eigenvalue weighted by Crippen LogP contribution is 2.24. The van der Waals surface area contributed by atoms with Gasteiger partial charge >= 0.3 is 6.18 Å². The van der Waals surface area contributed by atoms with Gasteiger partial charge in [0, 0.05) is 9.05 Å². The maximum Gasteiger partial charge on any atom is 0.405 e. The van der Waals surface area contributed by atoms with Crippen LogP contribution >= 0.6 is 11.6 Å². The lowest BCUT2D eigenvalue weighted by atomic mass is 10.2. The highest BCUT2D eigenvalue weighted by Gasteiger charge is 2.29. The van der Waals surface area contributed by atoms with Crippen molar-refractivity contribution in [3.8, 4) is 11.4 Å². The van der Waals surface area contributed by atoms with E-state index in [2.05, 4.69) is 20.3 Å². The minimum Gasteiger partial charge on any atom is -0.356 e. The molecule has 0 aliphatic heterocycles. The number of hydrogen-bond acceptors (Lipinski definition) is 5. The number of aromatic nitrogens is 3. The average Bonchev–Trinajstić information content (AvgIpc) is 2.54. The Bertz CT molecular complexity index is 781. The van der Waals surface area contributed by atoms with Crippen molar-refractivity contribution < 1.29 is 25.2 Å². The third kappa shape index (κ3) is 5.24. The van der Waals surface area contributed by atoms with Crippen molar-refractivity contribution >= 4 is 23.3 Å². The zero-order chi connectivity index (χ0) is 18.6. The van der Waals surface area contributed by atoms with E-state index in [0.717, 1.165) is 6.20 Å².